The Kier molecular flexibility index (Phi) is 4.71. The van der Waals surface area contributed by atoms with Crippen LogP contribution in [-0.2, 0) is 7.05 Å². The smallest absolute Gasteiger partial charge is 0.395 e. The van der Waals surface area contributed by atoms with E-state index in [0.717, 1.165) is 6.07 Å². The second-order valence-corrected chi connectivity index (χ2v) is 3.93. The van der Waals surface area contributed by atoms with Crippen molar-refractivity contribution < 1.29 is 23.1 Å². The maximum absolute atomic E-state index is 12.3. The van der Waals surface area contributed by atoms with Crippen LogP contribution in [0.3, 0.4) is 0 Å². The number of amides is 1. The number of pyridine rings is 1. The monoisotopic (exact) mass is 278 g/mol. The second-order valence-electron chi connectivity index (χ2n) is 3.93. The van der Waals surface area contributed by atoms with E-state index in [9.17, 15) is 22.8 Å². The van der Waals surface area contributed by atoms with E-state index in [0.29, 0.717) is 4.90 Å². The largest absolute Gasteiger partial charge is 0.406 e. The van der Waals surface area contributed by atoms with E-state index in [1.165, 1.54) is 23.9 Å². The van der Waals surface area contributed by atoms with E-state index in [4.69, 9.17) is 5.11 Å². The molecule has 0 radical (unpaired) electrons. The lowest BCUT2D eigenvalue weighted by molar-refractivity contribution is -0.141. The minimum atomic E-state index is -4.56. The number of halogens is 3. The number of hydrogen-bond acceptors (Lipinski definition) is 3. The highest BCUT2D eigenvalue weighted by Crippen LogP contribution is 2.17. The van der Waals surface area contributed by atoms with Gasteiger partial charge in [-0.25, -0.2) is 0 Å². The highest BCUT2D eigenvalue weighted by Gasteiger charge is 2.33. The van der Waals surface area contributed by atoms with Gasteiger partial charge in [-0.15, -0.1) is 0 Å². The van der Waals surface area contributed by atoms with Crippen molar-refractivity contribution in [2.75, 3.05) is 19.7 Å². The first kappa shape index (κ1) is 15.2. The first-order valence-corrected chi connectivity index (χ1v) is 5.38. The van der Waals surface area contributed by atoms with Gasteiger partial charge >= 0.3 is 6.18 Å². The lowest BCUT2D eigenvalue weighted by Gasteiger charge is -2.23. The lowest BCUT2D eigenvalue weighted by atomic mass is 10.2. The summed E-state index contributed by atoms with van der Waals surface area (Å²) in [5.41, 5.74) is -0.636. The predicted molar refractivity (Wildman–Crippen MR) is 60.7 cm³/mol. The number of aliphatic hydroxyl groups is 1. The topological polar surface area (TPSA) is 62.5 Å². The Bertz CT molecular complexity index is 511. The average Bonchev–Trinajstić information content (AvgIpc) is 2.29. The molecule has 0 spiro atoms. The molecule has 1 aromatic heterocycles. The predicted octanol–water partition coefficient (Wildman–Crippen LogP) is 0.382. The zero-order valence-electron chi connectivity index (χ0n) is 10.1. The molecule has 0 aromatic carbocycles. The molecule has 0 aliphatic carbocycles. The summed E-state index contributed by atoms with van der Waals surface area (Å²) in [5, 5.41) is 8.70. The minimum absolute atomic E-state index is 0.138. The first-order chi connectivity index (χ1) is 8.74. The lowest BCUT2D eigenvalue weighted by Crippen LogP contribution is -2.41. The number of nitrogens with zero attached hydrogens (tertiary/aromatic N) is 2. The molecule has 0 aliphatic heterocycles. The molecule has 1 heterocycles. The Morgan fingerprint density at radius 2 is 2.11 bits per heavy atom. The Morgan fingerprint density at radius 3 is 2.58 bits per heavy atom. The number of aromatic nitrogens is 1. The number of rotatable bonds is 4. The molecule has 0 unspecified atom stereocenters. The molecule has 0 saturated carbocycles. The number of carbonyl (C=O) groups is 1. The van der Waals surface area contributed by atoms with Gasteiger partial charge in [0.2, 0.25) is 0 Å². The van der Waals surface area contributed by atoms with Crippen molar-refractivity contribution in [1.82, 2.24) is 9.47 Å². The van der Waals surface area contributed by atoms with Gasteiger partial charge < -0.3 is 14.6 Å². The van der Waals surface area contributed by atoms with Crippen molar-refractivity contribution in [3.05, 3.63) is 34.2 Å². The highest BCUT2D eigenvalue weighted by molar-refractivity contribution is 5.94. The third kappa shape index (κ3) is 4.40. The zero-order chi connectivity index (χ0) is 14.6. The van der Waals surface area contributed by atoms with E-state index < -0.39 is 37.3 Å². The summed E-state index contributed by atoms with van der Waals surface area (Å²) >= 11 is 0. The molecule has 0 fully saturated rings. The summed E-state index contributed by atoms with van der Waals surface area (Å²) in [5.74, 6) is -0.941. The Hall–Kier alpha value is -1.83. The van der Waals surface area contributed by atoms with Crippen LogP contribution in [0.4, 0.5) is 13.2 Å². The normalized spacial score (nSPS) is 11.4. The van der Waals surface area contributed by atoms with Gasteiger partial charge in [0.15, 0.2) is 0 Å². The molecule has 1 amide bonds. The van der Waals surface area contributed by atoms with Gasteiger partial charge in [0.25, 0.3) is 11.5 Å². The molecular weight excluding hydrogens is 265 g/mol. The third-order valence-corrected chi connectivity index (χ3v) is 2.38. The minimum Gasteiger partial charge on any atom is -0.395 e. The van der Waals surface area contributed by atoms with Crippen LogP contribution in [-0.4, -0.2) is 46.4 Å². The Labute approximate surface area is 106 Å². The van der Waals surface area contributed by atoms with Crippen LogP contribution in [0.5, 0.6) is 0 Å². The standard InChI is InChI=1S/C11H13F3N2O3/c1-15-3-2-8(6-9(15)18)10(19)16(4-5-17)7-11(12,13)14/h2-3,6,17H,4-5,7H2,1H3. The number of aryl methyl sites for hydroxylation is 1. The van der Waals surface area contributed by atoms with Crippen LogP contribution in [0, 0.1) is 0 Å². The third-order valence-electron chi connectivity index (χ3n) is 2.38. The van der Waals surface area contributed by atoms with E-state index in [-0.39, 0.29) is 5.56 Å². The van der Waals surface area contributed by atoms with E-state index in [1.54, 1.807) is 0 Å². The van der Waals surface area contributed by atoms with Crippen molar-refractivity contribution in [3.8, 4) is 0 Å². The molecule has 0 saturated heterocycles. The summed E-state index contributed by atoms with van der Waals surface area (Å²) < 4.78 is 38.1. The fraction of sp³-hybridized carbons (Fsp3) is 0.455. The number of carbonyl (C=O) groups excluding carboxylic acids is 1. The van der Waals surface area contributed by atoms with Crippen molar-refractivity contribution >= 4 is 5.91 Å². The van der Waals surface area contributed by atoms with Gasteiger partial charge in [0, 0.05) is 31.4 Å². The van der Waals surface area contributed by atoms with Crippen LogP contribution in [0.1, 0.15) is 10.4 Å². The van der Waals surface area contributed by atoms with Crippen molar-refractivity contribution in [3.63, 3.8) is 0 Å². The molecule has 106 valence electrons. The fourth-order valence-electron chi connectivity index (χ4n) is 1.45. The van der Waals surface area contributed by atoms with E-state index in [2.05, 4.69) is 0 Å². The number of aliphatic hydroxyl groups excluding tert-OH is 1. The summed E-state index contributed by atoms with van der Waals surface area (Å²) in [6.45, 7) is -2.51. The van der Waals surface area contributed by atoms with Gasteiger partial charge in [-0.3, -0.25) is 9.59 Å². The van der Waals surface area contributed by atoms with Gasteiger partial charge in [0.1, 0.15) is 6.54 Å². The zero-order valence-corrected chi connectivity index (χ0v) is 10.1. The van der Waals surface area contributed by atoms with Gasteiger partial charge in [-0.1, -0.05) is 0 Å². The van der Waals surface area contributed by atoms with Gasteiger partial charge in [0.05, 0.1) is 6.61 Å². The molecular formula is C11H13F3N2O3. The molecule has 1 rings (SSSR count). The van der Waals surface area contributed by atoms with Crippen LogP contribution < -0.4 is 5.56 Å². The molecule has 0 aliphatic rings. The Balaban J connectivity index is 2.98. The van der Waals surface area contributed by atoms with Crippen LogP contribution in [0.25, 0.3) is 0 Å². The summed E-state index contributed by atoms with van der Waals surface area (Å²) in [4.78, 5) is 23.6. The molecule has 19 heavy (non-hydrogen) atoms. The molecule has 0 atom stereocenters. The van der Waals surface area contributed by atoms with Gasteiger partial charge in [-0.2, -0.15) is 13.2 Å². The van der Waals surface area contributed by atoms with Crippen molar-refractivity contribution in [2.45, 2.75) is 6.18 Å². The summed E-state index contributed by atoms with van der Waals surface area (Å²) in [6, 6.07) is 2.22. The summed E-state index contributed by atoms with van der Waals surface area (Å²) in [6.07, 6.45) is -3.27. The molecule has 1 aromatic rings. The maximum Gasteiger partial charge on any atom is 0.406 e. The second kappa shape index (κ2) is 5.87. The first-order valence-electron chi connectivity index (χ1n) is 5.38. The van der Waals surface area contributed by atoms with Crippen molar-refractivity contribution in [2.24, 2.45) is 7.05 Å². The molecule has 1 N–H and O–H groups in total. The maximum atomic E-state index is 12.3. The van der Waals surface area contributed by atoms with Crippen LogP contribution in [0.15, 0.2) is 23.1 Å². The van der Waals surface area contributed by atoms with Crippen molar-refractivity contribution in [1.29, 1.82) is 0 Å². The number of alkyl halides is 3. The fourth-order valence-corrected chi connectivity index (χ4v) is 1.45. The SMILES string of the molecule is Cn1ccc(C(=O)N(CCO)CC(F)(F)F)cc1=O. The van der Waals surface area contributed by atoms with E-state index >= 15 is 0 Å². The van der Waals surface area contributed by atoms with Crippen LogP contribution >= 0.6 is 0 Å². The van der Waals surface area contributed by atoms with Gasteiger partial charge in [-0.05, 0) is 6.07 Å². The quantitative estimate of drug-likeness (QED) is 0.866. The molecule has 5 nitrogen and oxygen atoms in total. The van der Waals surface area contributed by atoms with Crippen LogP contribution in [0.2, 0.25) is 0 Å². The molecule has 0 bridgehead atoms. The number of hydrogen-bond donors (Lipinski definition) is 1. The van der Waals surface area contributed by atoms with E-state index in [1.807, 2.05) is 0 Å². The summed E-state index contributed by atoms with van der Waals surface area (Å²) in [7, 11) is 1.46. The molecule has 8 heteroatoms. The Morgan fingerprint density at radius 1 is 1.47 bits per heavy atom. The average molecular weight is 278 g/mol. The highest BCUT2D eigenvalue weighted by atomic mass is 19.4.